The largest absolute Gasteiger partial charge is 0.431 e. The van der Waals surface area contributed by atoms with Crippen LogP contribution in [0.15, 0.2) is 16.6 Å². The fourth-order valence-corrected chi connectivity index (χ4v) is 2.48. The van der Waals surface area contributed by atoms with Gasteiger partial charge in [0.15, 0.2) is 5.75 Å². The molecule has 1 aliphatic rings. The van der Waals surface area contributed by atoms with Crippen molar-refractivity contribution in [3.63, 3.8) is 0 Å². The van der Waals surface area contributed by atoms with Gasteiger partial charge in [-0.15, -0.1) is 0 Å². The van der Waals surface area contributed by atoms with Crippen molar-refractivity contribution in [2.75, 3.05) is 11.9 Å². The lowest BCUT2D eigenvalue weighted by molar-refractivity contribution is -0.115. The second kappa shape index (κ2) is 6.69. The number of halogens is 4. The first kappa shape index (κ1) is 15.5. The Morgan fingerprint density at radius 2 is 2.20 bits per heavy atom. The molecule has 2 N–H and O–H groups in total. The van der Waals surface area contributed by atoms with Gasteiger partial charge in [-0.2, -0.15) is 8.78 Å². The van der Waals surface area contributed by atoms with Gasteiger partial charge in [0.1, 0.15) is 0 Å². The van der Waals surface area contributed by atoms with E-state index < -0.39 is 6.61 Å². The highest BCUT2D eigenvalue weighted by molar-refractivity contribution is 9.10. The standard InChI is InChI=1S/C12H12BrClF2N2O2/c13-8-3-6(14)4-9(11(8)20-12(15)16)18-10(19)5-17-7-1-2-7/h3-4,7,12,17H,1-2,5H2,(H,18,19). The first-order chi connectivity index (χ1) is 9.45. The molecule has 8 heteroatoms. The second-order valence-corrected chi connectivity index (χ2v) is 5.64. The van der Waals surface area contributed by atoms with Crippen molar-refractivity contribution in [2.24, 2.45) is 0 Å². The van der Waals surface area contributed by atoms with E-state index >= 15 is 0 Å². The molecule has 1 saturated carbocycles. The minimum absolute atomic E-state index is 0.104. The monoisotopic (exact) mass is 368 g/mol. The molecule has 0 radical (unpaired) electrons. The van der Waals surface area contributed by atoms with E-state index in [9.17, 15) is 13.6 Å². The van der Waals surface area contributed by atoms with Crippen LogP contribution in [0.3, 0.4) is 0 Å². The van der Waals surface area contributed by atoms with Crippen LogP contribution in [0.5, 0.6) is 5.75 Å². The van der Waals surface area contributed by atoms with Crippen LogP contribution in [0.1, 0.15) is 12.8 Å². The lowest BCUT2D eigenvalue weighted by Gasteiger charge is -2.14. The van der Waals surface area contributed by atoms with Crippen LogP contribution in [0.25, 0.3) is 0 Å². The van der Waals surface area contributed by atoms with Gasteiger partial charge < -0.3 is 15.4 Å². The van der Waals surface area contributed by atoms with E-state index in [1.54, 1.807) is 0 Å². The number of rotatable bonds is 6. The highest BCUT2D eigenvalue weighted by Crippen LogP contribution is 2.37. The highest BCUT2D eigenvalue weighted by atomic mass is 79.9. The maximum atomic E-state index is 12.4. The zero-order chi connectivity index (χ0) is 14.7. The number of alkyl halides is 2. The number of hydrogen-bond donors (Lipinski definition) is 2. The average molecular weight is 370 g/mol. The number of nitrogens with one attached hydrogen (secondary N) is 2. The second-order valence-electron chi connectivity index (χ2n) is 4.35. The average Bonchev–Trinajstić information content (AvgIpc) is 3.14. The Kier molecular flexibility index (Phi) is 5.17. The molecule has 0 saturated heterocycles. The molecule has 0 atom stereocenters. The normalized spacial score (nSPS) is 14.4. The quantitative estimate of drug-likeness (QED) is 0.808. The highest BCUT2D eigenvalue weighted by Gasteiger charge is 2.22. The minimum atomic E-state index is -2.99. The zero-order valence-corrected chi connectivity index (χ0v) is 12.6. The molecule has 0 aliphatic heterocycles. The topological polar surface area (TPSA) is 50.4 Å². The number of anilines is 1. The van der Waals surface area contributed by atoms with Gasteiger partial charge >= 0.3 is 6.61 Å². The fraction of sp³-hybridized carbons (Fsp3) is 0.417. The summed E-state index contributed by atoms with van der Waals surface area (Å²) >= 11 is 8.92. The number of ether oxygens (including phenoxy) is 1. The predicted molar refractivity (Wildman–Crippen MR) is 75.4 cm³/mol. The van der Waals surface area contributed by atoms with Crippen LogP contribution in [0, 0.1) is 0 Å². The number of hydrogen-bond acceptors (Lipinski definition) is 3. The lowest BCUT2D eigenvalue weighted by Crippen LogP contribution is -2.29. The van der Waals surface area contributed by atoms with Gasteiger partial charge in [0, 0.05) is 11.1 Å². The fourth-order valence-electron chi connectivity index (χ4n) is 1.58. The summed E-state index contributed by atoms with van der Waals surface area (Å²) in [6, 6.07) is 3.15. The molecule has 0 aromatic heterocycles. The summed E-state index contributed by atoms with van der Waals surface area (Å²) in [5.41, 5.74) is 0.104. The Hall–Kier alpha value is -0.920. The smallest absolute Gasteiger partial charge is 0.387 e. The van der Waals surface area contributed by atoms with E-state index in [1.807, 2.05) is 0 Å². The Balaban J connectivity index is 2.08. The molecule has 0 unspecified atom stereocenters. The Morgan fingerprint density at radius 3 is 2.80 bits per heavy atom. The van der Waals surface area contributed by atoms with E-state index in [4.69, 9.17) is 11.6 Å². The predicted octanol–water partition coefficient (Wildman–Crippen LogP) is 3.39. The molecule has 0 spiro atoms. The van der Waals surface area contributed by atoms with Crippen molar-refractivity contribution < 1.29 is 18.3 Å². The van der Waals surface area contributed by atoms with Gasteiger partial charge in [0.2, 0.25) is 5.91 Å². The van der Waals surface area contributed by atoms with Gasteiger partial charge in [-0.1, -0.05) is 11.6 Å². The molecule has 110 valence electrons. The molecule has 1 amide bonds. The van der Waals surface area contributed by atoms with Crippen molar-refractivity contribution in [1.29, 1.82) is 0 Å². The first-order valence-electron chi connectivity index (χ1n) is 5.93. The van der Waals surface area contributed by atoms with Gasteiger partial charge in [0.25, 0.3) is 0 Å². The van der Waals surface area contributed by atoms with Crippen LogP contribution >= 0.6 is 27.5 Å². The van der Waals surface area contributed by atoms with Crippen molar-refractivity contribution in [3.05, 3.63) is 21.6 Å². The van der Waals surface area contributed by atoms with Gasteiger partial charge in [0.05, 0.1) is 16.7 Å². The van der Waals surface area contributed by atoms with Crippen LogP contribution < -0.4 is 15.4 Å². The number of benzene rings is 1. The van der Waals surface area contributed by atoms with Crippen LogP contribution in [-0.4, -0.2) is 25.1 Å². The lowest BCUT2D eigenvalue weighted by atomic mass is 10.3. The SMILES string of the molecule is O=C(CNC1CC1)Nc1cc(Cl)cc(Br)c1OC(F)F. The van der Waals surface area contributed by atoms with Crippen molar-refractivity contribution in [1.82, 2.24) is 5.32 Å². The summed E-state index contributed by atoms with van der Waals surface area (Å²) in [6.45, 7) is -2.88. The summed E-state index contributed by atoms with van der Waals surface area (Å²) in [5.74, 6) is -0.491. The van der Waals surface area contributed by atoms with E-state index in [0.717, 1.165) is 12.8 Å². The van der Waals surface area contributed by atoms with E-state index in [2.05, 4.69) is 31.3 Å². The Bertz CT molecular complexity index is 512. The zero-order valence-electron chi connectivity index (χ0n) is 10.3. The molecule has 0 bridgehead atoms. The summed E-state index contributed by atoms with van der Waals surface area (Å²) in [4.78, 5) is 11.7. The summed E-state index contributed by atoms with van der Waals surface area (Å²) in [6.07, 6.45) is 2.10. The molecule has 1 aromatic rings. The maximum absolute atomic E-state index is 12.4. The molecule has 0 heterocycles. The summed E-state index contributed by atoms with van der Waals surface area (Å²) < 4.78 is 29.4. The van der Waals surface area contributed by atoms with Gasteiger partial charge in [-0.05, 0) is 40.9 Å². The minimum Gasteiger partial charge on any atom is -0.431 e. The third kappa shape index (κ3) is 4.57. The van der Waals surface area contributed by atoms with Crippen LogP contribution in [0.2, 0.25) is 5.02 Å². The Morgan fingerprint density at radius 1 is 1.50 bits per heavy atom. The third-order valence-corrected chi connectivity index (χ3v) is 3.43. The van der Waals surface area contributed by atoms with Crippen molar-refractivity contribution in [2.45, 2.75) is 25.5 Å². The molecule has 2 rings (SSSR count). The van der Waals surface area contributed by atoms with Gasteiger partial charge in [-0.25, -0.2) is 0 Å². The van der Waals surface area contributed by atoms with Crippen molar-refractivity contribution in [3.8, 4) is 5.75 Å². The van der Waals surface area contributed by atoms with Crippen LogP contribution in [-0.2, 0) is 4.79 Å². The molecule has 1 aliphatic carbocycles. The maximum Gasteiger partial charge on any atom is 0.387 e. The molecule has 1 aromatic carbocycles. The van der Waals surface area contributed by atoms with E-state index in [1.165, 1.54) is 12.1 Å². The molecular formula is C12H12BrClF2N2O2. The first-order valence-corrected chi connectivity index (χ1v) is 7.10. The van der Waals surface area contributed by atoms with E-state index in [0.29, 0.717) is 11.1 Å². The molecule has 20 heavy (non-hydrogen) atoms. The number of carbonyl (C=O) groups excluding carboxylic acids is 1. The van der Waals surface area contributed by atoms with Crippen molar-refractivity contribution >= 4 is 39.1 Å². The summed E-state index contributed by atoms with van der Waals surface area (Å²) in [7, 11) is 0. The third-order valence-electron chi connectivity index (χ3n) is 2.62. The Labute approximate surface area is 127 Å². The molecular weight excluding hydrogens is 357 g/mol. The summed E-state index contributed by atoms with van der Waals surface area (Å²) in [5, 5.41) is 5.82. The van der Waals surface area contributed by atoms with Crippen LogP contribution in [0.4, 0.5) is 14.5 Å². The number of amides is 1. The van der Waals surface area contributed by atoms with Gasteiger partial charge in [-0.3, -0.25) is 4.79 Å². The molecule has 1 fully saturated rings. The van der Waals surface area contributed by atoms with E-state index in [-0.39, 0.29) is 28.4 Å². The molecule has 4 nitrogen and oxygen atoms in total. The number of carbonyl (C=O) groups is 1.